The Balaban J connectivity index is 2.09. The third-order valence-electron chi connectivity index (χ3n) is 3.79. The number of aliphatic hydroxyl groups is 1. The number of halogens is 1. The minimum Gasteiger partial charge on any atom is -0.383 e. The Hall–Kier alpha value is -2.04. The van der Waals surface area contributed by atoms with Gasteiger partial charge in [0.1, 0.15) is 5.60 Å². The smallest absolute Gasteiger partial charge is 0.193 e. The number of hydrogen-bond acceptors (Lipinski definition) is 2. The summed E-state index contributed by atoms with van der Waals surface area (Å²) < 4.78 is 0. The predicted octanol–water partition coefficient (Wildman–Crippen LogP) is 3.59. The summed E-state index contributed by atoms with van der Waals surface area (Å²) in [5.74, 6) is 0.251. The molecule has 4 N–H and O–H groups in total. The largest absolute Gasteiger partial charge is 0.383 e. The van der Waals surface area contributed by atoms with Crippen LogP contribution in [0.1, 0.15) is 23.6 Å². The summed E-state index contributed by atoms with van der Waals surface area (Å²) in [4.78, 5) is 4.24. The Morgan fingerprint density at radius 1 is 1.22 bits per heavy atom. The van der Waals surface area contributed by atoms with Crippen LogP contribution < -0.4 is 11.1 Å². The minimum absolute atomic E-state index is 0.112. The summed E-state index contributed by atoms with van der Waals surface area (Å²) in [5.41, 5.74) is 8.61. The van der Waals surface area contributed by atoms with Gasteiger partial charge in [-0.3, -0.25) is 0 Å². The topological polar surface area (TPSA) is 70.6 Å². The molecule has 23 heavy (non-hydrogen) atoms. The first-order valence-corrected chi connectivity index (χ1v) is 7.79. The van der Waals surface area contributed by atoms with Crippen molar-refractivity contribution in [1.29, 1.82) is 0 Å². The van der Waals surface area contributed by atoms with Gasteiger partial charge in [-0.1, -0.05) is 35.9 Å². The number of aliphatic imine (C=N–C) groups is 1. The average molecular weight is 332 g/mol. The van der Waals surface area contributed by atoms with Crippen LogP contribution in [-0.4, -0.2) is 17.6 Å². The van der Waals surface area contributed by atoms with Crippen molar-refractivity contribution < 1.29 is 5.11 Å². The van der Waals surface area contributed by atoms with Crippen molar-refractivity contribution in [1.82, 2.24) is 0 Å². The van der Waals surface area contributed by atoms with Crippen molar-refractivity contribution in [2.75, 3.05) is 11.9 Å². The number of nitrogens with two attached hydrogens (primary N) is 1. The minimum atomic E-state index is -1.19. The number of rotatable bonds is 4. The van der Waals surface area contributed by atoms with Gasteiger partial charge in [0.25, 0.3) is 0 Å². The molecule has 0 aliphatic rings. The van der Waals surface area contributed by atoms with E-state index in [2.05, 4.69) is 17.2 Å². The van der Waals surface area contributed by atoms with Crippen LogP contribution in [0.4, 0.5) is 5.69 Å². The zero-order valence-corrected chi connectivity index (χ0v) is 14.4. The molecule has 2 rings (SSSR count). The second-order valence-electron chi connectivity index (χ2n) is 5.88. The summed E-state index contributed by atoms with van der Waals surface area (Å²) in [6, 6.07) is 13.1. The third kappa shape index (κ3) is 4.47. The van der Waals surface area contributed by atoms with Crippen molar-refractivity contribution in [3.63, 3.8) is 0 Å². The van der Waals surface area contributed by atoms with Gasteiger partial charge in [0.15, 0.2) is 5.96 Å². The molecular weight excluding hydrogens is 310 g/mol. The van der Waals surface area contributed by atoms with Gasteiger partial charge in [-0.05, 0) is 50.1 Å². The molecule has 0 saturated heterocycles. The maximum atomic E-state index is 10.6. The SMILES string of the molecule is Cc1ccc(NC(N)=NCC(C)(O)c2ccccc2Cl)cc1C. The fraction of sp³-hybridized carbons (Fsp3) is 0.278. The molecule has 0 radical (unpaired) electrons. The standard InChI is InChI=1S/C18H22ClN3O/c1-12-8-9-14(10-13(12)2)22-17(20)21-11-18(3,23)15-6-4-5-7-16(15)19/h4-10,23H,11H2,1-3H3,(H3,20,21,22). The fourth-order valence-electron chi connectivity index (χ4n) is 2.23. The maximum Gasteiger partial charge on any atom is 0.193 e. The Labute approximate surface area is 142 Å². The van der Waals surface area contributed by atoms with Crippen molar-refractivity contribution in [2.45, 2.75) is 26.4 Å². The number of hydrogen-bond donors (Lipinski definition) is 3. The van der Waals surface area contributed by atoms with E-state index in [0.717, 1.165) is 5.69 Å². The Morgan fingerprint density at radius 2 is 1.91 bits per heavy atom. The van der Waals surface area contributed by atoms with E-state index in [0.29, 0.717) is 10.6 Å². The maximum absolute atomic E-state index is 10.6. The van der Waals surface area contributed by atoms with Gasteiger partial charge in [0, 0.05) is 16.3 Å². The van der Waals surface area contributed by atoms with E-state index in [4.69, 9.17) is 17.3 Å². The van der Waals surface area contributed by atoms with Gasteiger partial charge >= 0.3 is 0 Å². The molecule has 0 fully saturated rings. The Kier molecular flexibility index (Phi) is 5.29. The molecule has 2 aromatic carbocycles. The molecule has 0 heterocycles. The van der Waals surface area contributed by atoms with Crippen LogP contribution >= 0.6 is 11.6 Å². The van der Waals surface area contributed by atoms with E-state index in [-0.39, 0.29) is 12.5 Å². The number of benzene rings is 2. The molecule has 5 heteroatoms. The number of nitrogens with one attached hydrogen (secondary N) is 1. The molecule has 4 nitrogen and oxygen atoms in total. The lowest BCUT2D eigenvalue weighted by Gasteiger charge is -2.23. The molecule has 0 amide bonds. The van der Waals surface area contributed by atoms with Gasteiger partial charge in [0.2, 0.25) is 0 Å². The van der Waals surface area contributed by atoms with Gasteiger partial charge in [0.05, 0.1) is 6.54 Å². The number of nitrogens with zero attached hydrogens (tertiary/aromatic N) is 1. The van der Waals surface area contributed by atoms with Crippen LogP contribution in [0.2, 0.25) is 5.02 Å². The zero-order chi connectivity index (χ0) is 17.0. The second kappa shape index (κ2) is 7.02. The van der Waals surface area contributed by atoms with Crippen LogP contribution in [-0.2, 0) is 5.60 Å². The van der Waals surface area contributed by atoms with Gasteiger partial charge in [-0.25, -0.2) is 4.99 Å². The highest BCUT2D eigenvalue weighted by Crippen LogP contribution is 2.28. The summed E-state index contributed by atoms with van der Waals surface area (Å²) in [6.07, 6.45) is 0. The normalized spacial score (nSPS) is 14.4. The van der Waals surface area contributed by atoms with Crippen LogP contribution in [0.25, 0.3) is 0 Å². The zero-order valence-electron chi connectivity index (χ0n) is 13.6. The predicted molar refractivity (Wildman–Crippen MR) is 97.1 cm³/mol. The van der Waals surface area contributed by atoms with Crippen LogP contribution in [0, 0.1) is 13.8 Å². The van der Waals surface area contributed by atoms with E-state index in [1.165, 1.54) is 11.1 Å². The molecule has 0 aromatic heterocycles. The quantitative estimate of drug-likeness (QED) is 0.592. The highest BCUT2D eigenvalue weighted by Gasteiger charge is 2.25. The summed E-state index contributed by atoms with van der Waals surface area (Å²) in [7, 11) is 0. The Morgan fingerprint density at radius 3 is 2.57 bits per heavy atom. The van der Waals surface area contributed by atoms with E-state index < -0.39 is 5.60 Å². The lowest BCUT2D eigenvalue weighted by molar-refractivity contribution is 0.0675. The number of anilines is 1. The molecule has 0 saturated carbocycles. The Bertz CT molecular complexity index is 726. The van der Waals surface area contributed by atoms with E-state index in [9.17, 15) is 5.11 Å². The van der Waals surface area contributed by atoms with Crippen molar-refractivity contribution >= 4 is 23.2 Å². The molecule has 1 atom stereocenters. The van der Waals surface area contributed by atoms with E-state index in [1.807, 2.05) is 37.3 Å². The van der Waals surface area contributed by atoms with Gasteiger partial charge in [-0.15, -0.1) is 0 Å². The van der Waals surface area contributed by atoms with Crippen molar-refractivity contribution in [3.05, 3.63) is 64.2 Å². The first-order valence-electron chi connectivity index (χ1n) is 7.41. The first kappa shape index (κ1) is 17.3. The molecule has 0 spiro atoms. The number of aryl methyl sites for hydroxylation is 2. The molecule has 2 aromatic rings. The molecule has 1 unspecified atom stereocenters. The number of guanidine groups is 1. The molecule has 0 aliphatic carbocycles. The lowest BCUT2D eigenvalue weighted by Crippen LogP contribution is -2.30. The monoisotopic (exact) mass is 331 g/mol. The highest BCUT2D eigenvalue weighted by molar-refractivity contribution is 6.31. The summed E-state index contributed by atoms with van der Waals surface area (Å²) in [5, 5.41) is 14.1. The summed E-state index contributed by atoms with van der Waals surface area (Å²) in [6.45, 7) is 5.87. The molecular formula is C18H22ClN3O. The van der Waals surface area contributed by atoms with Crippen LogP contribution in [0.5, 0.6) is 0 Å². The summed E-state index contributed by atoms with van der Waals surface area (Å²) >= 11 is 6.13. The van der Waals surface area contributed by atoms with Crippen molar-refractivity contribution in [3.8, 4) is 0 Å². The first-order chi connectivity index (χ1) is 10.8. The molecule has 122 valence electrons. The lowest BCUT2D eigenvalue weighted by atomic mass is 9.96. The molecule has 0 aliphatic heterocycles. The third-order valence-corrected chi connectivity index (χ3v) is 4.12. The van der Waals surface area contributed by atoms with E-state index >= 15 is 0 Å². The second-order valence-corrected chi connectivity index (χ2v) is 6.29. The van der Waals surface area contributed by atoms with E-state index in [1.54, 1.807) is 19.1 Å². The molecule has 0 bridgehead atoms. The highest BCUT2D eigenvalue weighted by atomic mass is 35.5. The van der Waals surface area contributed by atoms with Crippen LogP contribution in [0.15, 0.2) is 47.5 Å². The van der Waals surface area contributed by atoms with Gasteiger partial charge in [-0.2, -0.15) is 0 Å². The van der Waals surface area contributed by atoms with Gasteiger partial charge < -0.3 is 16.2 Å². The van der Waals surface area contributed by atoms with Crippen molar-refractivity contribution in [2.24, 2.45) is 10.7 Å². The average Bonchev–Trinajstić information content (AvgIpc) is 2.49. The fourth-order valence-corrected chi connectivity index (χ4v) is 2.57. The van der Waals surface area contributed by atoms with Crippen LogP contribution in [0.3, 0.4) is 0 Å².